The van der Waals surface area contributed by atoms with Crippen LogP contribution in [0.2, 0.25) is 0 Å². The summed E-state index contributed by atoms with van der Waals surface area (Å²) in [4.78, 5) is 18.1. The number of para-hydroxylation sites is 1. The van der Waals surface area contributed by atoms with Gasteiger partial charge in [0.25, 0.3) is 0 Å². The van der Waals surface area contributed by atoms with Crippen LogP contribution >= 0.6 is 0 Å². The lowest BCUT2D eigenvalue weighted by Crippen LogP contribution is -2.25. The van der Waals surface area contributed by atoms with Crippen molar-refractivity contribution in [3.63, 3.8) is 0 Å². The number of rotatable bonds is 6. The molecule has 3 aromatic rings. The van der Waals surface area contributed by atoms with Gasteiger partial charge in [0.05, 0.1) is 32.6 Å². The molecule has 0 bridgehead atoms. The first-order chi connectivity index (χ1) is 13.1. The van der Waals surface area contributed by atoms with Crippen molar-refractivity contribution in [1.29, 1.82) is 0 Å². The molecule has 1 saturated heterocycles. The molecule has 0 aliphatic carbocycles. The highest BCUT2D eigenvalue weighted by molar-refractivity contribution is 5.69. The number of carbonyl (C=O) groups is 1. The zero-order valence-electron chi connectivity index (χ0n) is 15.2. The monoisotopic (exact) mass is 368 g/mol. The first-order valence-corrected chi connectivity index (χ1v) is 8.61. The van der Waals surface area contributed by atoms with Crippen molar-refractivity contribution in [2.45, 2.75) is 13.0 Å². The molecule has 1 aliphatic heterocycles. The number of methoxy groups -OCH3 is 1. The quantitative estimate of drug-likeness (QED) is 0.656. The van der Waals surface area contributed by atoms with E-state index in [9.17, 15) is 4.79 Å². The summed E-state index contributed by atoms with van der Waals surface area (Å²) in [6, 6.07) is 7.78. The van der Waals surface area contributed by atoms with Crippen LogP contribution in [0.25, 0.3) is 5.69 Å². The van der Waals surface area contributed by atoms with E-state index in [-0.39, 0.29) is 6.09 Å². The Balaban J connectivity index is 1.67. The van der Waals surface area contributed by atoms with E-state index in [1.54, 1.807) is 27.6 Å². The zero-order valence-corrected chi connectivity index (χ0v) is 15.2. The van der Waals surface area contributed by atoms with Crippen LogP contribution < -0.4 is 4.74 Å². The van der Waals surface area contributed by atoms with Gasteiger partial charge in [0.1, 0.15) is 18.0 Å². The lowest BCUT2D eigenvalue weighted by molar-refractivity contribution is 0.156. The molecule has 0 spiro atoms. The Bertz CT molecular complexity index is 964. The molecule has 1 aromatic carbocycles. The van der Waals surface area contributed by atoms with E-state index in [1.807, 2.05) is 37.5 Å². The summed E-state index contributed by atoms with van der Waals surface area (Å²) in [5, 5.41) is 8.85. The average molecular weight is 368 g/mol. The normalized spacial score (nSPS) is 13.9. The topological polar surface area (TPSA) is 87.3 Å². The first kappa shape index (κ1) is 17.1. The fourth-order valence-electron chi connectivity index (χ4n) is 3.05. The molecule has 9 heteroatoms. The summed E-state index contributed by atoms with van der Waals surface area (Å²) in [6.07, 6.45) is 3.76. The molecule has 140 valence electrons. The number of hydrogen-bond donors (Lipinski definition) is 0. The number of carbonyl (C=O) groups excluding carboxylic acids is 1. The van der Waals surface area contributed by atoms with Gasteiger partial charge in [0.2, 0.25) is 0 Å². The molecule has 1 fully saturated rings. The summed E-state index contributed by atoms with van der Waals surface area (Å²) >= 11 is 0. The molecule has 27 heavy (non-hydrogen) atoms. The van der Waals surface area contributed by atoms with Crippen LogP contribution in [0.15, 0.2) is 36.7 Å². The second-order valence-corrected chi connectivity index (χ2v) is 6.25. The maximum absolute atomic E-state index is 11.8. The van der Waals surface area contributed by atoms with Gasteiger partial charge in [-0.05, 0) is 6.07 Å². The van der Waals surface area contributed by atoms with E-state index in [0.29, 0.717) is 37.8 Å². The van der Waals surface area contributed by atoms with Gasteiger partial charge in [-0.1, -0.05) is 18.2 Å². The molecule has 9 nitrogen and oxygen atoms in total. The first-order valence-electron chi connectivity index (χ1n) is 8.61. The number of ether oxygens (including phenoxy) is 2. The Kier molecular flexibility index (Phi) is 4.49. The van der Waals surface area contributed by atoms with Crippen molar-refractivity contribution in [3.05, 3.63) is 53.9 Å². The SMILES string of the molecule is COc1ccccc1Cc1nc(CN2CCOC2=O)n(-c2cnn(C)c2)n1. The van der Waals surface area contributed by atoms with Crippen LogP contribution in [0, 0.1) is 0 Å². The Morgan fingerprint density at radius 2 is 2.15 bits per heavy atom. The van der Waals surface area contributed by atoms with Crippen LogP contribution in [-0.4, -0.2) is 55.8 Å². The van der Waals surface area contributed by atoms with Gasteiger partial charge < -0.3 is 9.47 Å². The van der Waals surface area contributed by atoms with Crippen LogP contribution in [0.5, 0.6) is 5.75 Å². The number of benzene rings is 1. The molecular formula is C18H20N6O3. The fraction of sp³-hybridized carbons (Fsp3) is 0.333. The highest BCUT2D eigenvalue weighted by Crippen LogP contribution is 2.21. The molecule has 1 aliphatic rings. The Labute approximate surface area is 156 Å². The van der Waals surface area contributed by atoms with Crippen LogP contribution in [-0.2, 0) is 24.8 Å². The van der Waals surface area contributed by atoms with Gasteiger partial charge in [-0.3, -0.25) is 9.58 Å². The smallest absolute Gasteiger partial charge is 0.410 e. The third-order valence-electron chi connectivity index (χ3n) is 4.37. The van der Waals surface area contributed by atoms with E-state index < -0.39 is 0 Å². The minimum absolute atomic E-state index is 0.326. The van der Waals surface area contributed by atoms with Crippen LogP contribution in [0.4, 0.5) is 4.79 Å². The van der Waals surface area contributed by atoms with Gasteiger partial charge in [0.15, 0.2) is 11.6 Å². The molecule has 0 radical (unpaired) electrons. The van der Waals surface area contributed by atoms with Crippen molar-refractivity contribution in [1.82, 2.24) is 29.4 Å². The van der Waals surface area contributed by atoms with Gasteiger partial charge in [-0.25, -0.2) is 14.5 Å². The highest BCUT2D eigenvalue weighted by Gasteiger charge is 2.25. The number of cyclic esters (lactones) is 1. The predicted octanol–water partition coefficient (Wildman–Crippen LogP) is 1.55. The van der Waals surface area contributed by atoms with E-state index in [1.165, 1.54) is 0 Å². The Hall–Kier alpha value is -3.36. The molecule has 0 N–H and O–H groups in total. The summed E-state index contributed by atoms with van der Waals surface area (Å²) in [7, 11) is 3.48. The lowest BCUT2D eigenvalue weighted by atomic mass is 10.1. The van der Waals surface area contributed by atoms with E-state index in [0.717, 1.165) is 17.0 Å². The van der Waals surface area contributed by atoms with Gasteiger partial charge >= 0.3 is 6.09 Å². The molecule has 0 unspecified atom stereocenters. The molecule has 1 amide bonds. The van der Waals surface area contributed by atoms with Crippen molar-refractivity contribution in [3.8, 4) is 11.4 Å². The maximum atomic E-state index is 11.8. The van der Waals surface area contributed by atoms with Gasteiger partial charge in [0, 0.05) is 19.0 Å². The Morgan fingerprint density at radius 1 is 1.30 bits per heavy atom. The number of hydrogen-bond acceptors (Lipinski definition) is 6. The van der Waals surface area contributed by atoms with Crippen LogP contribution in [0.3, 0.4) is 0 Å². The summed E-state index contributed by atoms with van der Waals surface area (Å²) in [5.41, 5.74) is 1.79. The van der Waals surface area contributed by atoms with Gasteiger partial charge in [-0.2, -0.15) is 10.2 Å². The molecule has 0 saturated carbocycles. The number of nitrogens with zero attached hydrogens (tertiary/aromatic N) is 6. The Morgan fingerprint density at radius 3 is 2.85 bits per heavy atom. The van der Waals surface area contributed by atoms with Crippen molar-refractivity contribution >= 4 is 6.09 Å². The van der Waals surface area contributed by atoms with Crippen LogP contribution in [0.1, 0.15) is 17.2 Å². The summed E-state index contributed by atoms with van der Waals surface area (Å²) < 4.78 is 13.9. The van der Waals surface area contributed by atoms with Gasteiger partial charge in [-0.15, -0.1) is 0 Å². The molecule has 3 heterocycles. The minimum atomic E-state index is -0.331. The number of amides is 1. The molecule has 2 aromatic heterocycles. The molecule has 0 atom stereocenters. The number of aromatic nitrogens is 5. The predicted molar refractivity (Wildman–Crippen MR) is 95.7 cm³/mol. The minimum Gasteiger partial charge on any atom is -0.496 e. The van der Waals surface area contributed by atoms with Crippen molar-refractivity contribution in [2.24, 2.45) is 7.05 Å². The highest BCUT2D eigenvalue weighted by atomic mass is 16.6. The van der Waals surface area contributed by atoms with E-state index in [2.05, 4.69) is 15.2 Å². The second kappa shape index (κ2) is 7.10. The summed E-state index contributed by atoms with van der Waals surface area (Å²) in [5.74, 6) is 2.09. The third-order valence-corrected chi connectivity index (χ3v) is 4.37. The standard InChI is InChI=1S/C18H20N6O3/c1-22-11-14(10-19-22)24-17(12-23-7-8-27-18(23)25)20-16(21-24)9-13-5-3-4-6-15(13)26-2/h3-6,10-11H,7-9,12H2,1-2H3. The van der Waals surface area contributed by atoms with Crippen molar-refractivity contribution < 1.29 is 14.3 Å². The van der Waals surface area contributed by atoms with E-state index >= 15 is 0 Å². The van der Waals surface area contributed by atoms with Crippen molar-refractivity contribution in [2.75, 3.05) is 20.3 Å². The molecular weight excluding hydrogens is 348 g/mol. The maximum Gasteiger partial charge on any atom is 0.410 e. The third kappa shape index (κ3) is 3.48. The zero-order chi connectivity index (χ0) is 18.8. The fourth-order valence-corrected chi connectivity index (χ4v) is 3.05. The van der Waals surface area contributed by atoms with E-state index in [4.69, 9.17) is 9.47 Å². The number of aryl methyl sites for hydroxylation is 1. The summed E-state index contributed by atoms with van der Waals surface area (Å²) in [6.45, 7) is 1.27. The lowest BCUT2D eigenvalue weighted by Gasteiger charge is -2.11. The average Bonchev–Trinajstić information content (AvgIpc) is 3.37. The largest absolute Gasteiger partial charge is 0.496 e. The second-order valence-electron chi connectivity index (χ2n) is 6.25. The molecule has 4 rings (SSSR count).